The van der Waals surface area contributed by atoms with Gasteiger partial charge in [0.1, 0.15) is 5.75 Å². The van der Waals surface area contributed by atoms with Crippen LogP contribution in [-0.2, 0) is 14.4 Å². The average Bonchev–Trinajstić information content (AvgIpc) is 3.14. The summed E-state index contributed by atoms with van der Waals surface area (Å²) in [4.78, 5) is 38.3. The largest absolute Gasteiger partial charge is 0.484 e. The summed E-state index contributed by atoms with van der Waals surface area (Å²) in [6.45, 7) is 4.89. The molecule has 1 aliphatic rings. The van der Waals surface area contributed by atoms with Gasteiger partial charge < -0.3 is 20.3 Å². The molecule has 0 saturated carbocycles. The van der Waals surface area contributed by atoms with E-state index in [9.17, 15) is 14.4 Å². The Morgan fingerprint density at radius 3 is 2.45 bits per heavy atom. The fourth-order valence-electron chi connectivity index (χ4n) is 3.18. The molecule has 3 amide bonds. The van der Waals surface area contributed by atoms with E-state index in [0.29, 0.717) is 36.1 Å². The van der Waals surface area contributed by atoms with Gasteiger partial charge >= 0.3 is 0 Å². The summed E-state index contributed by atoms with van der Waals surface area (Å²) in [6, 6.07) is 14.2. The molecule has 1 aliphatic heterocycles. The minimum absolute atomic E-state index is 0.0766. The number of ether oxygens (including phenoxy) is 1. The van der Waals surface area contributed by atoms with Gasteiger partial charge in [0, 0.05) is 35.4 Å². The molecule has 2 N–H and O–H groups in total. The van der Waals surface area contributed by atoms with Crippen LogP contribution >= 0.6 is 15.9 Å². The van der Waals surface area contributed by atoms with Gasteiger partial charge in [0.05, 0.1) is 5.92 Å². The first-order chi connectivity index (χ1) is 14.8. The third-order valence-corrected chi connectivity index (χ3v) is 5.36. The van der Waals surface area contributed by atoms with Crippen LogP contribution in [0.3, 0.4) is 0 Å². The van der Waals surface area contributed by atoms with E-state index in [-0.39, 0.29) is 36.7 Å². The van der Waals surface area contributed by atoms with Gasteiger partial charge in [-0.1, -0.05) is 29.8 Å². The summed E-state index contributed by atoms with van der Waals surface area (Å²) < 4.78 is 6.46. The number of hydrogen-bond acceptors (Lipinski definition) is 4. The van der Waals surface area contributed by atoms with E-state index in [0.717, 1.165) is 4.47 Å². The first-order valence-electron chi connectivity index (χ1n) is 10.2. The normalized spacial score (nSPS) is 15.8. The maximum atomic E-state index is 12.4. The van der Waals surface area contributed by atoms with Crippen LogP contribution < -0.4 is 20.3 Å². The van der Waals surface area contributed by atoms with Crippen LogP contribution in [0.2, 0.25) is 0 Å². The highest BCUT2D eigenvalue weighted by molar-refractivity contribution is 9.10. The molecule has 1 atom stereocenters. The van der Waals surface area contributed by atoms with Crippen LogP contribution in [0, 0.1) is 11.8 Å². The van der Waals surface area contributed by atoms with Crippen LogP contribution in [0.5, 0.6) is 5.75 Å². The number of amides is 3. The Morgan fingerprint density at radius 1 is 1.13 bits per heavy atom. The lowest BCUT2D eigenvalue weighted by atomic mass is 10.1. The van der Waals surface area contributed by atoms with E-state index < -0.39 is 0 Å². The molecule has 1 saturated heterocycles. The summed E-state index contributed by atoms with van der Waals surface area (Å²) in [7, 11) is 0. The second kappa shape index (κ2) is 10.4. The predicted molar refractivity (Wildman–Crippen MR) is 123 cm³/mol. The number of carbonyl (C=O) groups excluding carboxylic acids is 3. The van der Waals surface area contributed by atoms with Gasteiger partial charge in [-0.25, -0.2) is 0 Å². The van der Waals surface area contributed by atoms with Crippen molar-refractivity contribution < 1.29 is 19.1 Å². The zero-order chi connectivity index (χ0) is 22.4. The SMILES string of the molecule is CC(C)CNC(=O)C1CC(=O)N(c2ccc(OCC(=O)Nc3ccc(Br)cc3)cc2)C1. The van der Waals surface area contributed by atoms with E-state index in [1.54, 1.807) is 41.3 Å². The molecule has 1 fully saturated rings. The standard InChI is InChI=1S/C23H26BrN3O4/c1-15(2)12-25-23(30)16-11-22(29)27(13-16)19-7-9-20(10-8-19)31-14-21(28)26-18-5-3-17(24)4-6-18/h3-10,15-16H,11-14H2,1-2H3,(H,25,30)(H,26,28). The summed E-state index contributed by atoms with van der Waals surface area (Å²) in [5.74, 6) is 0.114. The molecule has 0 aromatic heterocycles. The number of benzene rings is 2. The minimum Gasteiger partial charge on any atom is -0.484 e. The summed E-state index contributed by atoms with van der Waals surface area (Å²) >= 11 is 3.35. The number of anilines is 2. The van der Waals surface area contributed by atoms with Crippen molar-refractivity contribution in [1.29, 1.82) is 0 Å². The van der Waals surface area contributed by atoms with Crippen LogP contribution in [0.25, 0.3) is 0 Å². The molecule has 0 radical (unpaired) electrons. The van der Waals surface area contributed by atoms with Crippen molar-refractivity contribution in [2.75, 3.05) is 29.9 Å². The molecule has 3 rings (SSSR count). The van der Waals surface area contributed by atoms with Crippen LogP contribution in [0.1, 0.15) is 20.3 Å². The van der Waals surface area contributed by atoms with E-state index in [2.05, 4.69) is 26.6 Å². The lowest BCUT2D eigenvalue weighted by molar-refractivity contribution is -0.126. The van der Waals surface area contributed by atoms with Gasteiger partial charge in [-0.05, 0) is 54.4 Å². The molecule has 1 heterocycles. The Bertz CT molecular complexity index is 929. The number of nitrogens with one attached hydrogen (secondary N) is 2. The molecule has 0 spiro atoms. The van der Waals surface area contributed by atoms with Crippen molar-refractivity contribution in [2.45, 2.75) is 20.3 Å². The maximum Gasteiger partial charge on any atom is 0.262 e. The Morgan fingerprint density at radius 2 is 1.81 bits per heavy atom. The molecule has 31 heavy (non-hydrogen) atoms. The van der Waals surface area contributed by atoms with E-state index >= 15 is 0 Å². The van der Waals surface area contributed by atoms with Gasteiger partial charge in [0.15, 0.2) is 6.61 Å². The minimum atomic E-state index is -0.343. The zero-order valence-corrected chi connectivity index (χ0v) is 19.1. The first kappa shape index (κ1) is 22.8. The molecule has 1 unspecified atom stereocenters. The van der Waals surface area contributed by atoms with Crippen LogP contribution in [-0.4, -0.2) is 37.4 Å². The maximum absolute atomic E-state index is 12.4. The lowest BCUT2D eigenvalue weighted by Gasteiger charge is -2.17. The van der Waals surface area contributed by atoms with Crippen LogP contribution in [0.4, 0.5) is 11.4 Å². The van der Waals surface area contributed by atoms with Crippen molar-refractivity contribution in [1.82, 2.24) is 5.32 Å². The fourth-order valence-corrected chi connectivity index (χ4v) is 3.45. The molecule has 2 aromatic carbocycles. The number of halogens is 1. The number of rotatable bonds is 8. The Kier molecular flexibility index (Phi) is 7.68. The number of carbonyl (C=O) groups is 3. The van der Waals surface area contributed by atoms with Gasteiger partial charge in [-0.3, -0.25) is 14.4 Å². The topological polar surface area (TPSA) is 87.7 Å². The third kappa shape index (κ3) is 6.55. The quantitative estimate of drug-likeness (QED) is 0.595. The molecule has 2 aromatic rings. The third-order valence-electron chi connectivity index (χ3n) is 4.83. The van der Waals surface area contributed by atoms with Gasteiger partial charge in [0.25, 0.3) is 5.91 Å². The first-order valence-corrected chi connectivity index (χ1v) is 11.0. The fraction of sp³-hybridized carbons (Fsp3) is 0.348. The molecular weight excluding hydrogens is 462 g/mol. The molecule has 0 aliphatic carbocycles. The Labute approximate surface area is 190 Å². The summed E-state index contributed by atoms with van der Waals surface area (Å²) in [5, 5.41) is 5.65. The summed E-state index contributed by atoms with van der Waals surface area (Å²) in [5.41, 5.74) is 1.39. The summed E-state index contributed by atoms with van der Waals surface area (Å²) in [6.07, 6.45) is 0.207. The Hall–Kier alpha value is -2.87. The van der Waals surface area contributed by atoms with Crippen molar-refractivity contribution in [3.63, 3.8) is 0 Å². The number of hydrogen-bond donors (Lipinski definition) is 2. The molecule has 8 heteroatoms. The second-order valence-electron chi connectivity index (χ2n) is 7.88. The van der Waals surface area contributed by atoms with Gasteiger partial charge in [0.2, 0.25) is 11.8 Å². The monoisotopic (exact) mass is 487 g/mol. The molecule has 164 valence electrons. The average molecular weight is 488 g/mol. The highest BCUT2D eigenvalue weighted by Gasteiger charge is 2.35. The smallest absolute Gasteiger partial charge is 0.262 e. The van der Waals surface area contributed by atoms with Crippen molar-refractivity contribution in [3.8, 4) is 5.75 Å². The van der Waals surface area contributed by atoms with Gasteiger partial charge in [-0.2, -0.15) is 0 Å². The van der Waals surface area contributed by atoms with Crippen molar-refractivity contribution in [2.24, 2.45) is 11.8 Å². The van der Waals surface area contributed by atoms with E-state index in [4.69, 9.17) is 4.74 Å². The van der Waals surface area contributed by atoms with Crippen LogP contribution in [0.15, 0.2) is 53.0 Å². The second-order valence-corrected chi connectivity index (χ2v) is 8.80. The van der Waals surface area contributed by atoms with Gasteiger partial charge in [-0.15, -0.1) is 0 Å². The highest BCUT2D eigenvalue weighted by Crippen LogP contribution is 2.27. The number of nitrogens with zero attached hydrogens (tertiary/aromatic N) is 1. The van der Waals surface area contributed by atoms with Crippen molar-refractivity contribution >= 4 is 45.0 Å². The van der Waals surface area contributed by atoms with E-state index in [1.165, 1.54) is 0 Å². The molecular formula is C23H26BrN3O4. The lowest BCUT2D eigenvalue weighted by Crippen LogP contribution is -2.35. The molecule has 0 bridgehead atoms. The zero-order valence-electron chi connectivity index (χ0n) is 17.6. The van der Waals surface area contributed by atoms with E-state index in [1.807, 2.05) is 26.0 Å². The molecule has 7 nitrogen and oxygen atoms in total. The Balaban J connectivity index is 1.50. The van der Waals surface area contributed by atoms with Crippen molar-refractivity contribution in [3.05, 3.63) is 53.0 Å². The predicted octanol–water partition coefficient (Wildman–Crippen LogP) is 3.59. The highest BCUT2D eigenvalue weighted by atomic mass is 79.9.